The Balaban J connectivity index is 1.60. The van der Waals surface area contributed by atoms with E-state index in [9.17, 15) is 4.89 Å². The second-order valence-corrected chi connectivity index (χ2v) is 11.3. The van der Waals surface area contributed by atoms with Crippen LogP contribution in [0, 0.1) is 0 Å². The van der Waals surface area contributed by atoms with E-state index in [-0.39, 0.29) is 11.3 Å². The summed E-state index contributed by atoms with van der Waals surface area (Å²) in [5.74, 6) is 2.05. The Bertz CT molecular complexity index is 1070. The smallest absolute Gasteiger partial charge is 0.418 e. The van der Waals surface area contributed by atoms with Crippen LogP contribution in [0.2, 0.25) is 0 Å². The summed E-state index contributed by atoms with van der Waals surface area (Å²) in [6, 6.07) is 24.9. The fourth-order valence-electron chi connectivity index (χ4n) is 4.86. The van der Waals surface area contributed by atoms with Gasteiger partial charge in [-0.15, -0.1) is 0 Å². The molecule has 3 aromatic rings. The summed E-state index contributed by atoms with van der Waals surface area (Å²) in [5, 5.41) is 0. The summed E-state index contributed by atoms with van der Waals surface area (Å²) in [6.07, 6.45) is 6.17. The third-order valence-corrected chi connectivity index (χ3v) is 7.67. The van der Waals surface area contributed by atoms with Crippen LogP contribution >= 0.6 is 8.60 Å². The number of para-hydroxylation sites is 1. The molecule has 1 aliphatic carbocycles. The van der Waals surface area contributed by atoms with Gasteiger partial charge in [0.05, 0.1) is 0 Å². The van der Waals surface area contributed by atoms with E-state index in [2.05, 4.69) is 82.3 Å². The van der Waals surface area contributed by atoms with Crippen LogP contribution in [0.4, 0.5) is 0 Å². The van der Waals surface area contributed by atoms with Gasteiger partial charge in [0, 0.05) is 11.5 Å². The second-order valence-electron chi connectivity index (χ2n) is 10.4. The van der Waals surface area contributed by atoms with Gasteiger partial charge < -0.3 is 13.9 Å². The lowest BCUT2D eigenvalue weighted by Gasteiger charge is -2.26. The number of rotatable bonds is 7. The molecule has 34 heavy (non-hydrogen) atoms. The Kier molecular flexibility index (Phi) is 7.96. The first-order chi connectivity index (χ1) is 16.3. The fourth-order valence-corrected chi connectivity index (χ4v) is 5.56. The van der Waals surface area contributed by atoms with Crippen LogP contribution in [0.1, 0.15) is 93.9 Å². The third kappa shape index (κ3) is 6.01. The predicted octanol–water partition coefficient (Wildman–Crippen LogP) is 8.86. The predicted molar refractivity (Wildman–Crippen MR) is 142 cm³/mol. The molecule has 1 fully saturated rings. The quantitative estimate of drug-likeness (QED) is 0.346. The molecule has 0 heterocycles. The van der Waals surface area contributed by atoms with Gasteiger partial charge in [-0.05, 0) is 53.0 Å². The van der Waals surface area contributed by atoms with Gasteiger partial charge in [0.15, 0.2) is 0 Å². The zero-order chi connectivity index (χ0) is 24.1. The summed E-state index contributed by atoms with van der Waals surface area (Å²) in [4.78, 5) is 11.0. The largest absolute Gasteiger partial charge is 0.460 e. The Morgan fingerprint density at radius 3 is 2.18 bits per heavy atom. The van der Waals surface area contributed by atoms with Crippen molar-refractivity contribution >= 4 is 8.60 Å². The molecule has 4 heteroatoms. The van der Waals surface area contributed by atoms with Crippen molar-refractivity contribution in [1.29, 1.82) is 0 Å². The molecule has 0 amide bonds. The minimum atomic E-state index is -2.13. The number of hydrogen-bond donors (Lipinski definition) is 1. The van der Waals surface area contributed by atoms with E-state index in [0.29, 0.717) is 11.7 Å². The molecule has 1 saturated carbocycles. The van der Waals surface area contributed by atoms with Crippen LogP contribution in [-0.4, -0.2) is 4.89 Å². The second kappa shape index (κ2) is 10.9. The van der Waals surface area contributed by atoms with Crippen molar-refractivity contribution < 1.29 is 13.9 Å². The molecule has 4 rings (SSSR count). The maximum atomic E-state index is 11.0. The molecule has 0 aromatic heterocycles. The monoisotopic (exact) mass is 476 g/mol. The minimum absolute atomic E-state index is 0.0285. The van der Waals surface area contributed by atoms with Crippen molar-refractivity contribution in [2.45, 2.75) is 77.0 Å². The highest BCUT2D eigenvalue weighted by Crippen LogP contribution is 2.45. The van der Waals surface area contributed by atoms with E-state index in [4.69, 9.17) is 9.05 Å². The molecule has 0 saturated heterocycles. The molecule has 1 N–H and O–H groups in total. The first kappa shape index (κ1) is 24.8. The van der Waals surface area contributed by atoms with Crippen molar-refractivity contribution in [2.24, 2.45) is 0 Å². The fraction of sp³-hybridized carbons (Fsp3) is 0.400. The van der Waals surface area contributed by atoms with Crippen molar-refractivity contribution in [2.75, 3.05) is 0 Å². The first-order valence-corrected chi connectivity index (χ1v) is 13.6. The summed E-state index contributed by atoms with van der Waals surface area (Å²) < 4.78 is 12.2. The average Bonchev–Trinajstić information content (AvgIpc) is 2.84. The molecule has 1 aliphatic rings. The van der Waals surface area contributed by atoms with Gasteiger partial charge in [-0.1, -0.05) is 108 Å². The highest BCUT2D eigenvalue weighted by molar-refractivity contribution is 7.41. The molecule has 180 valence electrons. The summed E-state index contributed by atoms with van der Waals surface area (Å²) in [5.41, 5.74) is 4.58. The van der Waals surface area contributed by atoms with Crippen LogP contribution in [-0.2, 0) is 5.41 Å². The highest BCUT2D eigenvalue weighted by Gasteiger charge is 2.25. The van der Waals surface area contributed by atoms with Gasteiger partial charge >= 0.3 is 8.60 Å². The van der Waals surface area contributed by atoms with Crippen LogP contribution < -0.4 is 9.05 Å². The maximum Gasteiger partial charge on any atom is 0.460 e. The lowest BCUT2D eigenvalue weighted by Crippen LogP contribution is -2.12. The number of hydrogen-bond acceptors (Lipinski definition) is 3. The topological polar surface area (TPSA) is 38.7 Å². The van der Waals surface area contributed by atoms with E-state index in [1.54, 1.807) is 0 Å². The van der Waals surface area contributed by atoms with E-state index in [1.807, 2.05) is 18.2 Å². The SMILES string of the molecule is CC(c1ccccc1)c1ccc(C(C)(C)C)cc1OP(O)Oc1ccccc1C1CCCCC1. The molecule has 2 unspecified atom stereocenters. The van der Waals surface area contributed by atoms with Crippen LogP contribution in [0.3, 0.4) is 0 Å². The van der Waals surface area contributed by atoms with Gasteiger partial charge in [-0.2, -0.15) is 0 Å². The maximum absolute atomic E-state index is 11.0. The minimum Gasteiger partial charge on any atom is -0.418 e. The van der Waals surface area contributed by atoms with E-state index >= 15 is 0 Å². The van der Waals surface area contributed by atoms with Gasteiger partial charge in [0.1, 0.15) is 11.5 Å². The summed E-state index contributed by atoms with van der Waals surface area (Å²) >= 11 is 0. The Morgan fingerprint density at radius 2 is 1.47 bits per heavy atom. The van der Waals surface area contributed by atoms with Gasteiger partial charge in [0.2, 0.25) is 0 Å². The molecule has 3 aromatic carbocycles. The van der Waals surface area contributed by atoms with Crippen molar-refractivity contribution in [1.82, 2.24) is 0 Å². The lowest BCUT2D eigenvalue weighted by atomic mass is 9.84. The molecule has 3 nitrogen and oxygen atoms in total. The highest BCUT2D eigenvalue weighted by atomic mass is 31.2. The Hall–Kier alpha value is -2.35. The molecular formula is C30H37O3P. The zero-order valence-electron chi connectivity index (χ0n) is 20.8. The van der Waals surface area contributed by atoms with E-state index in [1.165, 1.54) is 43.2 Å². The summed E-state index contributed by atoms with van der Waals surface area (Å²) in [6.45, 7) is 8.73. The van der Waals surface area contributed by atoms with Gasteiger partial charge in [0.25, 0.3) is 0 Å². The van der Waals surface area contributed by atoms with E-state index in [0.717, 1.165) is 16.9 Å². The first-order valence-electron chi connectivity index (χ1n) is 12.5. The van der Waals surface area contributed by atoms with Gasteiger partial charge in [-0.3, -0.25) is 0 Å². The van der Waals surface area contributed by atoms with Crippen LogP contribution in [0.5, 0.6) is 11.5 Å². The molecule has 0 bridgehead atoms. The van der Waals surface area contributed by atoms with Gasteiger partial charge in [-0.25, -0.2) is 0 Å². The lowest BCUT2D eigenvalue weighted by molar-refractivity contribution is 0.371. The molecule has 0 spiro atoms. The zero-order valence-corrected chi connectivity index (χ0v) is 21.7. The van der Waals surface area contributed by atoms with Crippen molar-refractivity contribution in [3.05, 3.63) is 95.1 Å². The average molecular weight is 477 g/mol. The molecule has 0 aliphatic heterocycles. The van der Waals surface area contributed by atoms with Crippen molar-refractivity contribution in [3.8, 4) is 11.5 Å². The molecule has 0 radical (unpaired) electrons. The van der Waals surface area contributed by atoms with Crippen molar-refractivity contribution in [3.63, 3.8) is 0 Å². The van der Waals surface area contributed by atoms with Crippen LogP contribution in [0.15, 0.2) is 72.8 Å². The number of benzene rings is 3. The summed E-state index contributed by atoms with van der Waals surface area (Å²) in [7, 11) is -2.13. The Labute approximate surface area is 206 Å². The van der Waals surface area contributed by atoms with Crippen LogP contribution in [0.25, 0.3) is 0 Å². The third-order valence-electron chi connectivity index (χ3n) is 6.96. The molecular weight excluding hydrogens is 439 g/mol. The normalized spacial score (nSPS) is 16.6. The Morgan fingerprint density at radius 1 is 0.824 bits per heavy atom. The van der Waals surface area contributed by atoms with E-state index < -0.39 is 8.60 Å². The standard InChI is InChI=1S/C30H37O3P/c1-22(23-13-7-5-8-14-23)26-20-19-25(30(2,3)4)21-29(26)33-34(31)32-28-18-12-11-17-27(28)24-15-9-6-10-16-24/h5,7-8,11-14,17-22,24,31H,6,9-10,15-16H2,1-4H3. The molecule has 2 atom stereocenters.